The number of aliphatic carboxylic acids is 1. The lowest BCUT2D eigenvalue weighted by Gasteiger charge is -2.33. The zero-order valence-electron chi connectivity index (χ0n) is 7.81. The number of ether oxygens (including phenoxy) is 1. The molecule has 1 aliphatic rings. The molecule has 1 saturated heterocycles. The van der Waals surface area contributed by atoms with Crippen LogP contribution >= 0.6 is 0 Å². The average molecular weight is 199 g/mol. The largest absolute Gasteiger partial charge is 0.481 e. The van der Waals surface area contributed by atoms with E-state index in [9.17, 15) is 9.59 Å². The molecule has 0 radical (unpaired) electrons. The van der Waals surface area contributed by atoms with E-state index < -0.39 is 5.97 Å². The van der Waals surface area contributed by atoms with Gasteiger partial charge in [-0.25, -0.2) is 0 Å². The van der Waals surface area contributed by atoms with Crippen molar-refractivity contribution >= 4 is 11.9 Å². The second kappa shape index (κ2) is 4.76. The molecule has 1 rings (SSSR count). The smallest absolute Gasteiger partial charge is 0.305 e. The molecule has 1 fully saturated rings. The van der Waals surface area contributed by atoms with Crippen molar-refractivity contribution in [2.75, 3.05) is 19.8 Å². The van der Waals surface area contributed by atoms with Crippen LogP contribution in [0, 0.1) is 0 Å². The monoisotopic (exact) mass is 199 g/mol. The minimum Gasteiger partial charge on any atom is -0.481 e. The zero-order chi connectivity index (χ0) is 10.6. The fraction of sp³-hybridized carbons (Fsp3) is 0.556. The summed E-state index contributed by atoms with van der Waals surface area (Å²) in [6.45, 7) is 4.21. The van der Waals surface area contributed by atoms with Crippen molar-refractivity contribution in [2.45, 2.75) is 12.5 Å². The Morgan fingerprint density at radius 3 is 3.07 bits per heavy atom. The highest BCUT2D eigenvalue weighted by Crippen LogP contribution is 2.11. The van der Waals surface area contributed by atoms with E-state index >= 15 is 0 Å². The molecule has 5 heteroatoms. The molecular weight excluding hydrogens is 186 g/mol. The number of carbonyl (C=O) groups is 2. The summed E-state index contributed by atoms with van der Waals surface area (Å²) >= 11 is 0. The van der Waals surface area contributed by atoms with Crippen molar-refractivity contribution in [3.8, 4) is 0 Å². The lowest BCUT2D eigenvalue weighted by atomic mass is 10.1. The van der Waals surface area contributed by atoms with Gasteiger partial charge in [0.25, 0.3) is 0 Å². The molecule has 1 atom stereocenters. The molecule has 1 unspecified atom stereocenters. The molecule has 0 aromatic rings. The van der Waals surface area contributed by atoms with Crippen LogP contribution in [0.4, 0.5) is 0 Å². The van der Waals surface area contributed by atoms with E-state index in [4.69, 9.17) is 9.84 Å². The molecule has 78 valence electrons. The molecule has 0 aliphatic carbocycles. The van der Waals surface area contributed by atoms with Gasteiger partial charge in [0.05, 0.1) is 19.1 Å². The maximum atomic E-state index is 11.3. The number of amides is 1. The van der Waals surface area contributed by atoms with Gasteiger partial charge in [-0.3, -0.25) is 9.59 Å². The number of morpholine rings is 1. The third kappa shape index (κ3) is 2.56. The quantitative estimate of drug-likeness (QED) is 0.641. The van der Waals surface area contributed by atoms with Crippen LogP contribution in [-0.2, 0) is 14.3 Å². The lowest BCUT2D eigenvalue weighted by Crippen LogP contribution is -2.50. The van der Waals surface area contributed by atoms with Crippen molar-refractivity contribution in [1.29, 1.82) is 0 Å². The first-order valence-electron chi connectivity index (χ1n) is 4.35. The van der Waals surface area contributed by atoms with Crippen molar-refractivity contribution in [2.24, 2.45) is 0 Å². The Balaban J connectivity index is 2.63. The average Bonchev–Trinajstić information content (AvgIpc) is 2.10. The minimum atomic E-state index is -0.928. The Hall–Kier alpha value is -1.36. The van der Waals surface area contributed by atoms with Crippen molar-refractivity contribution < 1.29 is 19.4 Å². The van der Waals surface area contributed by atoms with E-state index in [1.807, 2.05) is 0 Å². The van der Waals surface area contributed by atoms with Crippen LogP contribution in [0.1, 0.15) is 6.42 Å². The van der Waals surface area contributed by atoms with Gasteiger partial charge >= 0.3 is 5.97 Å². The molecule has 0 aromatic heterocycles. The normalized spacial score (nSPS) is 22.1. The van der Waals surface area contributed by atoms with Crippen molar-refractivity contribution in [3.05, 3.63) is 12.7 Å². The summed E-state index contributed by atoms with van der Waals surface area (Å²) in [5.41, 5.74) is 0. The molecule has 5 nitrogen and oxygen atoms in total. The number of hydrogen-bond acceptors (Lipinski definition) is 3. The Morgan fingerprint density at radius 2 is 2.50 bits per heavy atom. The van der Waals surface area contributed by atoms with Crippen LogP contribution in [0.3, 0.4) is 0 Å². The zero-order valence-corrected chi connectivity index (χ0v) is 7.81. The summed E-state index contributed by atoms with van der Waals surface area (Å²) in [6, 6.07) is -0.369. The first-order valence-corrected chi connectivity index (χ1v) is 4.35. The summed E-state index contributed by atoms with van der Waals surface area (Å²) < 4.78 is 4.98. The number of nitrogens with zero attached hydrogens (tertiary/aromatic N) is 1. The predicted octanol–water partition coefficient (Wildman–Crippen LogP) is -0.126. The van der Waals surface area contributed by atoms with Gasteiger partial charge in [-0.05, 0) is 0 Å². The predicted molar refractivity (Wildman–Crippen MR) is 48.8 cm³/mol. The Kier molecular flexibility index (Phi) is 3.64. The molecule has 1 N–H and O–H groups in total. The molecule has 1 aliphatic heterocycles. The third-order valence-electron chi connectivity index (χ3n) is 2.03. The van der Waals surface area contributed by atoms with Crippen molar-refractivity contribution in [1.82, 2.24) is 4.90 Å². The molecule has 1 heterocycles. The molecule has 0 saturated carbocycles. The van der Waals surface area contributed by atoms with Gasteiger partial charge in [-0.15, -0.1) is 6.58 Å². The van der Waals surface area contributed by atoms with Crippen LogP contribution in [-0.4, -0.2) is 47.7 Å². The molecule has 0 spiro atoms. The molecule has 0 bridgehead atoms. The molecule has 0 aromatic carbocycles. The van der Waals surface area contributed by atoms with Gasteiger partial charge in [0.1, 0.15) is 6.61 Å². The van der Waals surface area contributed by atoms with Gasteiger partial charge < -0.3 is 14.7 Å². The maximum Gasteiger partial charge on any atom is 0.305 e. The Labute approximate surface area is 82.0 Å². The van der Waals surface area contributed by atoms with Crippen molar-refractivity contribution in [3.63, 3.8) is 0 Å². The highest BCUT2D eigenvalue weighted by Gasteiger charge is 2.29. The number of carboxylic acids is 1. The highest BCUT2D eigenvalue weighted by atomic mass is 16.5. The van der Waals surface area contributed by atoms with E-state index in [0.717, 1.165) is 0 Å². The SMILES string of the molecule is C=CCN1C(=O)COCC1CC(=O)O. The Morgan fingerprint density at radius 1 is 1.79 bits per heavy atom. The number of hydrogen-bond donors (Lipinski definition) is 1. The second-order valence-electron chi connectivity index (χ2n) is 3.10. The highest BCUT2D eigenvalue weighted by molar-refractivity contribution is 5.79. The van der Waals surface area contributed by atoms with E-state index in [1.54, 1.807) is 6.08 Å². The molecular formula is C9H13NO4. The van der Waals surface area contributed by atoms with Crippen LogP contribution in [0.25, 0.3) is 0 Å². The van der Waals surface area contributed by atoms with E-state index in [2.05, 4.69) is 6.58 Å². The van der Waals surface area contributed by atoms with Gasteiger partial charge in [0, 0.05) is 6.54 Å². The Bertz CT molecular complexity index is 251. The molecule has 1 amide bonds. The second-order valence-corrected chi connectivity index (χ2v) is 3.10. The fourth-order valence-electron chi connectivity index (χ4n) is 1.42. The topological polar surface area (TPSA) is 66.8 Å². The maximum absolute atomic E-state index is 11.3. The minimum absolute atomic E-state index is 0.0317. The first kappa shape index (κ1) is 10.7. The summed E-state index contributed by atoms with van der Waals surface area (Å²) in [5, 5.41) is 8.62. The standard InChI is InChI=1S/C9H13NO4/c1-2-3-10-7(4-9(12)13)5-14-6-8(10)11/h2,7H,1,3-6H2,(H,12,13). The third-order valence-corrected chi connectivity index (χ3v) is 2.03. The lowest BCUT2D eigenvalue weighted by molar-refractivity contribution is -0.151. The number of carbonyl (C=O) groups excluding carboxylic acids is 1. The summed E-state index contributed by atoms with van der Waals surface area (Å²) in [5.74, 6) is -1.11. The van der Waals surface area contributed by atoms with Crippen LogP contribution in [0.2, 0.25) is 0 Å². The van der Waals surface area contributed by atoms with Gasteiger partial charge in [0.2, 0.25) is 5.91 Å². The van der Waals surface area contributed by atoms with E-state index in [0.29, 0.717) is 6.54 Å². The summed E-state index contributed by atoms with van der Waals surface area (Å²) in [7, 11) is 0. The number of carboxylic acid groups (broad SMARTS) is 1. The summed E-state index contributed by atoms with van der Waals surface area (Å²) in [6.07, 6.45) is 1.50. The number of rotatable bonds is 4. The van der Waals surface area contributed by atoms with Gasteiger partial charge in [-0.2, -0.15) is 0 Å². The van der Waals surface area contributed by atoms with Crippen LogP contribution in [0.5, 0.6) is 0 Å². The van der Waals surface area contributed by atoms with E-state index in [1.165, 1.54) is 4.90 Å². The fourth-order valence-corrected chi connectivity index (χ4v) is 1.42. The van der Waals surface area contributed by atoms with Gasteiger partial charge in [-0.1, -0.05) is 6.08 Å². The molecule has 14 heavy (non-hydrogen) atoms. The first-order chi connectivity index (χ1) is 6.65. The van der Waals surface area contributed by atoms with E-state index in [-0.39, 0.29) is 31.6 Å². The van der Waals surface area contributed by atoms with Crippen LogP contribution < -0.4 is 0 Å². The van der Waals surface area contributed by atoms with Crippen LogP contribution in [0.15, 0.2) is 12.7 Å². The summed E-state index contributed by atoms with van der Waals surface area (Å²) in [4.78, 5) is 23.3. The van der Waals surface area contributed by atoms with Gasteiger partial charge in [0.15, 0.2) is 0 Å².